The summed E-state index contributed by atoms with van der Waals surface area (Å²) in [4.78, 5) is 24.5. The fourth-order valence-electron chi connectivity index (χ4n) is 2.74. The van der Waals surface area contributed by atoms with E-state index in [0.717, 1.165) is 12.0 Å². The molecule has 1 amide bonds. The van der Waals surface area contributed by atoms with Crippen molar-refractivity contribution >= 4 is 17.6 Å². The van der Waals surface area contributed by atoms with E-state index in [2.05, 4.69) is 23.9 Å². The van der Waals surface area contributed by atoms with Crippen LogP contribution in [-0.2, 0) is 20.7 Å². The maximum Gasteiger partial charge on any atom is 0.387 e. The van der Waals surface area contributed by atoms with E-state index in [9.17, 15) is 18.4 Å². The van der Waals surface area contributed by atoms with Gasteiger partial charge in [0.15, 0.2) is 6.10 Å². The second-order valence-corrected chi connectivity index (χ2v) is 6.72. The summed E-state index contributed by atoms with van der Waals surface area (Å²) in [6.07, 6.45) is -0.136. The Balaban J connectivity index is 1.92. The molecule has 1 N–H and O–H groups in total. The van der Waals surface area contributed by atoms with Gasteiger partial charge in [-0.2, -0.15) is 8.78 Å². The molecule has 0 fully saturated rings. The Bertz CT molecular complexity index is 824. The van der Waals surface area contributed by atoms with Gasteiger partial charge in [-0.15, -0.1) is 0 Å². The zero-order valence-corrected chi connectivity index (χ0v) is 16.7. The molecule has 0 heterocycles. The third kappa shape index (κ3) is 6.85. The number of alkyl halides is 2. The lowest BCUT2D eigenvalue weighted by Crippen LogP contribution is -2.30. The second kappa shape index (κ2) is 10.5. The Morgan fingerprint density at radius 2 is 1.69 bits per heavy atom. The van der Waals surface area contributed by atoms with Gasteiger partial charge < -0.3 is 14.8 Å². The molecule has 2 unspecified atom stereocenters. The van der Waals surface area contributed by atoms with E-state index in [4.69, 9.17) is 4.74 Å². The van der Waals surface area contributed by atoms with Crippen molar-refractivity contribution in [2.75, 3.05) is 5.32 Å². The van der Waals surface area contributed by atoms with Crippen molar-refractivity contribution in [2.45, 2.75) is 52.2 Å². The van der Waals surface area contributed by atoms with Gasteiger partial charge in [0.25, 0.3) is 5.91 Å². The summed E-state index contributed by atoms with van der Waals surface area (Å²) >= 11 is 0. The summed E-state index contributed by atoms with van der Waals surface area (Å²) in [5.41, 5.74) is 2.28. The van der Waals surface area contributed by atoms with Crippen molar-refractivity contribution in [3.63, 3.8) is 0 Å². The number of hydrogen-bond donors (Lipinski definition) is 1. The van der Waals surface area contributed by atoms with Crippen LogP contribution in [0.3, 0.4) is 0 Å². The zero-order chi connectivity index (χ0) is 21.4. The van der Waals surface area contributed by atoms with Gasteiger partial charge in [0, 0.05) is 5.69 Å². The molecular weight excluding hydrogens is 380 g/mol. The zero-order valence-electron chi connectivity index (χ0n) is 16.7. The molecule has 0 saturated carbocycles. The number of carbonyl (C=O) groups excluding carboxylic acids is 2. The number of para-hydroxylation sites is 1. The quantitative estimate of drug-likeness (QED) is 0.602. The molecule has 7 heteroatoms. The number of ether oxygens (including phenoxy) is 2. The highest BCUT2D eigenvalue weighted by Crippen LogP contribution is 2.26. The van der Waals surface area contributed by atoms with Gasteiger partial charge in [0.1, 0.15) is 5.75 Å². The molecule has 0 aliphatic rings. The monoisotopic (exact) mass is 405 g/mol. The molecule has 156 valence electrons. The van der Waals surface area contributed by atoms with Gasteiger partial charge in [-0.25, -0.2) is 0 Å². The van der Waals surface area contributed by atoms with Gasteiger partial charge in [-0.3, -0.25) is 9.59 Å². The number of anilines is 1. The molecule has 2 aromatic rings. The highest BCUT2D eigenvalue weighted by atomic mass is 19.3. The van der Waals surface area contributed by atoms with E-state index >= 15 is 0 Å². The fourth-order valence-corrected chi connectivity index (χ4v) is 2.74. The Morgan fingerprint density at radius 1 is 1.03 bits per heavy atom. The van der Waals surface area contributed by atoms with Crippen molar-refractivity contribution < 1.29 is 27.8 Å². The first kappa shape index (κ1) is 22.3. The van der Waals surface area contributed by atoms with E-state index in [-0.39, 0.29) is 18.1 Å². The first-order valence-electron chi connectivity index (χ1n) is 9.43. The molecule has 0 bridgehead atoms. The first-order chi connectivity index (χ1) is 13.8. The lowest BCUT2D eigenvalue weighted by molar-refractivity contribution is -0.152. The van der Waals surface area contributed by atoms with Gasteiger partial charge in [0.2, 0.25) is 0 Å². The van der Waals surface area contributed by atoms with Crippen molar-refractivity contribution in [3.05, 3.63) is 59.7 Å². The van der Waals surface area contributed by atoms with Crippen LogP contribution in [0.2, 0.25) is 0 Å². The largest absolute Gasteiger partial charge is 0.452 e. The Kier molecular flexibility index (Phi) is 8.12. The van der Waals surface area contributed by atoms with Crippen LogP contribution in [0.15, 0.2) is 48.5 Å². The topological polar surface area (TPSA) is 64.6 Å². The third-order valence-corrected chi connectivity index (χ3v) is 4.54. The number of halogens is 2. The molecule has 0 saturated heterocycles. The summed E-state index contributed by atoms with van der Waals surface area (Å²) in [6.45, 7) is 2.74. The normalized spacial score (nSPS) is 12.9. The van der Waals surface area contributed by atoms with Crippen LogP contribution in [0.1, 0.15) is 44.2 Å². The summed E-state index contributed by atoms with van der Waals surface area (Å²) in [5.74, 6) is -0.730. The average Bonchev–Trinajstić information content (AvgIpc) is 2.68. The average molecular weight is 405 g/mol. The minimum absolute atomic E-state index is 0.00448. The minimum Gasteiger partial charge on any atom is -0.452 e. The fraction of sp³-hybridized carbons (Fsp3) is 0.364. The third-order valence-electron chi connectivity index (χ3n) is 4.54. The number of benzene rings is 2. The van der Waals surface area contributed by atoms with E-state index in [0.29, 0.717) is 11.3 Å². The lowest BCUT2D eigenvalue weighted by atomic mass is 9.97. The lowest BCUT2D eigenvalue weighted by Gasteiger charge is -2.18. The van der Waals surface area contributed by atoms with Crippen molar-refractivity contribution in [2.24, 2.45) is 0 Å². The van der Waals surface area contributed by atoms with Gasteiger partial charge in [0.05, 0.1) is 6.42 Å². The highest BCUT2D eigenvalue weighted by Gasteiger charge is 2.20. The number of hydrogen-bond acceptors (Lipinski definition) is 4. The van der Waals surface area contributed by atoms with Crippen LogP contribution in [-0.4, -0.2) is 24.6 Å². The van der Waals surface area contributed by atoms with Crippen LogP contribution >= 0.6 is 0 Å². The first-order valence-corrected chi connectivity index (χ1v) is 9.43. The molecule has 0 aliphatic carbocycles. The molecule has 0 aromatic heterocycles. The van der Waals surface area contributed by atoms with Gasteiger partial charge in [-0.1, -0.05) is 44.2 Å². The Labute approximate surface area is 169 Å². The molecule has 5 nitrogen and oxygen atoms in total. The van der Waals surface area contributed by atoms with Crippen molar-refractivity contribution in [3.8, 4) is 5.75 Å². The van der Waals surface area contributed by atoms with Crippen LogP contribution in [0, 0.1) is 0 Å². The van der Waals surface area contributed by atoms with E-state index in [1.54, 1.807) is 0 Å². The second-order valence-electron chi connectivity index (χ2n) is 6.72. The minimum atomic E-state index is -2.91. The summed E-state index contributed by atoms with van der Waals surface area (Å²) in [7, 11) is 0. The van der Waals surface area contributed by atoms with Gasteiger partial charge >= 0.3 is 12.6 Å². The van der Waals surface area contributed by atoms with Crippen LogP contribution in [0.5, 0.6) is 5.75 Å². The standard InChI is InChI=1S/C22H25F2NO4/c1-4-14(2)18-7-5-6-8-19(18)25-21(27)15(3)28-20(26)13-16-9-11-17(12-10-16)29-22(23)24/h5-12,14-15,22H,4,13H2,1-3H3,(H,25,27). The van der Waals surface area contributed by atoms with Crippen molar-refractivity contribution in [1.29, 1.82) is 0 Å². The van der Waals surface area contributed by atoms with Crippen LogP contribution in [0.4, 0.5) is 14.5 Å². The van der Waals surface area contributed by atoms with E-state index < -0.39 is 24.6 Å². The maximum absolute atomic E-state index is 12.4. The van der Waals surface area contributed by atoms with Crippen LogP contribution < -0.4 is 10.1 Å². The predicted octanol–water partition coefficient (Wildman–Crippen LogP) is 4.91. The Morgan fingerprint density at radius 3 is 2.31 bits per heavy atom. The van der Waals surface area contributed by atoms with E-state index in [1.807, 2.05) is 24.3 Å². The predicted molar refractivity (Wildman–Crippen MR) is 106 cm³/mol. The number of nitrogens with one attached hydrogen (secondary N) is 1. The van der Waals surface area contributed by atoms with Crippen LogP contribution in [0.25, 0.3) is 0 Å². The molecule has 0 radical (unpaired) electrons. The Hall–Kier alpha value is -2.96. The summed E-state index contributed by atoms with van der Waals surface area (Å²) in [5, 5.41) is 2.82. The smallest absolute Gasteiger partial charge is 0.387 e. The van der Waals surface area contributed by atoms with Crippen molar-refractivity contribution in [1.82, 2.24) is 0 Å². The molecule has 29 heavy (non-hydrogen) atoms. The summed E-state index contributed by atoms with van der Waals surface area (Å²) in [6, 6.07) is 13.2. The molecule has 2 rings (SSSR count). The number of rotatable bonds is 9. The number of amides is 1. The summed E-state index contributed by atoms with van der Waals surface area (Å²) < 4.78 is 33.8. The molecule has 0 aliphatic heterocycles. The molecular formula is C22H25F2NO4. The number of carbonyl (C=O) groups is 2. The highest BCUT2D eigenvalue weighted by molar-refractivity contribution is 5.95. The van der Waals surface area contributed by atoms with Gasteiger partial charge in [-0.05, 0) is 48.6 Å². The maximum atomic E-state index is 12.4. The SMILES string of the molecule is CCC(C)c1ccccc1NC(=O)C(C)OC(=O)Cc1ccc(OC(F)F)cc1. The van der Waals surface area contributed by atoms with E-state index in [1.165, 1.54) is 31.2 Å². The molecule has 0 spiro atoms. The number of esters is 1. The molecule has 2 atom stereocenters. The molecule has 2 aromatic carbocycles.